The number of nitrogens with one attached hydrogen (secondary N) is 1. The summed E-state index contributed by atoms with van der Waals surface area (Å²) in [6, 6.07) is 71.4. The molecule has 2 aliphatic heterocycles. The van der Waals surface area contributed by atoms with Crippen molar-refractivity contribution in [3.05, 3.63) is 233 Å². The van der Waals surface area contributed by atoms with Crippen molar-refractivity contribution in [2.75, 3.05) is 10.2 Å². The molecule has 9 aromatic carbocycles. The van der Waals surface area contributed by atoms with Crippen LogP contribution in [0.1, 0.15) is 98.9 Å². The minimum Gasteiger partial charge on any atom is -0.355 e. The number of rotatable bonds is 5. The van der Waals surface area contributed by atoms with Gasteiger partial charge in [-0.2, -0.15) is 0 Å². The lowest BCUT2D eigenvalue weighted by molar-refractivity contribution is 0.332. The molecule has 2 aliphatic carbocycles. The summed E-state index contributed by atoms with van der Waals surface area (Å²) in [5.74, 6) is 0. The van der Waals surface area contributed by atoms with Crippen LogP contribution in [0.2, 0.25) is 0 Å². The lowest BCUT2D eigenvalue weighted by Gasteiger charge is -2.49. The molecule has 1 aromatic heterocycles. The first-order valence-electron chi connectivity index (χ1n) is 25.1. The zero-order valence-corrected chi connectivity index (χ0v) is 41.6. The Labute approximate surface area is 416 Å². The van der Waals surface area contributed by atoms with E-state index in [-0.39, 0.29) is 16.2 Å². The Balaban J connectivity index is 1.09. The Morgan fingerprint density at radius 3 is 1.93 bits per heavy atom. The zero-order valence-electron chi connectivity index (χ0n) is 40.7. The Bertz CT molecular complexity index is 3780. The fourth-order valence-electron chi connectivity index (χ4n) is 13.5. The van der Waals surface area contributed by atoms with Crippen LogP contribution in [0.15, 0.2) is 188 Å². The molecule has 1 N–H and O–H groups in total. The minimum absolute atomic E-state index is 0.0849. The fourth-order valence-corrected chi connectivity index (χ4v) is 14.8. The molecule has 0 amide bonds. The first kappa shape index (κ1) is 41.8. The molecule has 4 heteroatoms. The van der Waals surface area contributed by atoms with E-state index >= 15 is 0 Å². The molecule has 0 spiro atoms. The van der Waals surface area contributed by atoms with Crippen molar-refractivity contribution in [2.45, 2.75) is 76.0 Å². The first-order chi connectivity index (χ1) is 34.0. The molecule has 0 saturated heterocycles. The maximum absolute atomic E-state index is 4.17. The third kappa shape index (κ3) is 5.63. The summed E-state index contributed by atoms with van der Waals surface area (Å²) in [6.45, 7) is 14.6. The third-order valence-electron chi connectivity index (χ3n) is 17.0. The van der Waals surface area contributed by atoms with E-state index in [1.807, 2.05) is 11.3 Å². The number of nitrogens with zero attached hydrogens (tertiary/aromatic N) is 1. The van der Waals surface area contributed by atoms with Gasteiger partial charge >= 0.3 is 0 Å². The second-order valence-electron chi connectivity index (χ2n) is 22.1. The van der Waals surface area contributed by atoms with Gasteiger partial charge in [0.15, 0.2) is 7.28 Å². The van der Waals surface area contributed by atoms with Crippen LogP contribution in [0.3, 0.4) is 0 Å². The van der Waals surface area contributed by atoms with Crippen LogP contribution in [0.5, 0.6) is 0 Å². The molecule has 0 fully saturated rings. The van der Waals surface area contributed by atoms with Crippen LogP contribution in [0, 0.1) is 0 Å². The van der Waals surface area contributed by atoms with Crippen molar-refractivity contribution >= 4 is 78.2 Å². The average Bonchev–Trinajstić information content (AvgIpc) is 3.87. The monoisotopic (exact) mass is 917 g/mol. The van der Waals surface area contributed by atoms with Gasteiger partial charge in [0.25, 0.3) is 0 Å². The molecule has 0 unspecified atom stereocenters. The van der Waals surface area contributed by atoms with Crippen molar-refractivity contribution in [1.82, 2.24) is 0 Å². The van der Waals surface area contributed by atoms with Gasteiger partial charge in [-0.15, -0.1) is 11.3 Å². The smallest absolute Gasteiger partial charge is 0.197 e. The molecule has 70 heavy (non-hydrogen) atoms. The Kier molecular flexibility index (Phi) is 8.78. The van der Waals surface area contributed by atoms with Crippen LogP contribution in [-0.2, 0) is 21.7 Å². The van der Waals surface area contributed by atoms with Crippen LogP contribution in [0.4, 0.5) is 28.4 Å². The maximum Gasteiger partial charge on any atom is 0.197 e. The van der Waals surface area contributed by atoms with Crippen molar-refractivity contribution in [3.63, 3.8) is 0 Å². The predicted molar refractivity (Wildman–Crippen MR) is 299 cm³/mol. The van der Waals surface area contributed by atoms with E-state index < -0.39 is 5.41 Å². The molecule has 0 atom stereocenters. The Morgan fingerprint density at radius 1 is 0.500 bits per heavy atom. The van der Waals surface area contributed by atoms with E-state index in [9.17, 15) is 0 Å². The number of anilines is 5. The summed E-state index contributed by atoms with van der Waals surface area (Å²) in [6.07, 6.45) is 2.36. The van der Waals surface area contributed by atoms with Crippen LogP contribution in [-0.4, -0.2) is 7.28 Å². The van der Waals surface area contributed by atoms with Gasteiger partial charge in [-0.1, -0.05) is 199 Å². The van der Waals surface area contributed by atoms with Gasteiger partial charge < -0.3 is 10.2 Å². The van der Waals surface area contributed by atoms with Crippen molar-refractivity contribution in [3.8, 4) is 22.3 Å². The van der Waals surface area contributed by atoms with Gasteiger partial charge in [-0.05, 0) is 127 Å². The quantitative estimate of drug-likeness (QED) is 0.173. The van der Waals surface area contributed by atoms with E-state index in [0.29, 0.717) is 0 Å². The summed E-state index contributed by atoms with van der Waals surface area (Å²) in [5, 5.41) is 6.75. The zero-order chi connectivity index (χ0) is 47.3. The lowest BCUT2D eigenvalue weighted by Crippen LogP contribution is -2.47. The van der Waals surface area contributed by atoms with Crippen molar-refractivity contribution in [1.29, 1.82) is 0 Å². The van der Waals surface area contributed by atoms with Crippen LogP contribution >= 0.6 is 11.3 Å². The lowest BCUT2D eigenvalue weighted by atomic mass is 9.54. The Morgan fingerprint density at radius 2 is 1.16 bits per heavy atom. The number of para-hydroxylation sites is 2. The van der Waals surface area contributed by atoms with Crippen molar-refractivity contribution in [2.24, 2.45) is 0 Å². The van der Waals surface area contributed by atoms with E-state index in [1.165, 1.54) is 128 Å². The molecule has 2 nitrogen and oxygen atoms in total. The molecular weight excluding hydrogens is 864 g/mol. The summed E-state index contributed by atoms with van der Waals surface area (Å²) in [7, 11) is 2.54. The summed E-state index contributed by atoms with van der Waals surface area (Å²) in [5.41, 5.74) is 23.8. The van der Waals surface area contributed by atoms with Gasteiger partial charge in [0.05, 0.1) is 21.5 Å². The molecule has 14 rings (SSSR count). The summed E-state index contributed by atoms with van der Waals surface area (Å²) >= 11 is 1.93. The van der Waals surface area contributed by atoms with Gasteiger partial charge in [-0.3, -0.25) is 0 Å². The Hall–Kier alpha value is -7.14. The molecule has 10 aromatic rings. The number of benzene rings is 9. The van der Waals surface area contributed by atoms with Crippen LogP contribution in [0.25, 0.3) is 42.4 Å². The second-order valence-corrected chi connectivity index (χ2v) is 23.2. The summed E-state index contributed by atoms with van der Waals surface area (Å²) < 4.78 is 2.61. The minimum atomic E-state index is -0.561. The van der Waals surface area contributed by atoms with Gasteiger partial charge in [0, 0.05) is 43.5 Å². The van der Waals surface area contributed by atoms with E-state index in [1.54, 1.807) is 0 Å². The topological polar surface area (TPSA) is 15.3 Å². The normalized spacial score (nSPS) is 16.9. The molecule has 0 bridgehead atoms. The highest BCUT2D eigenvalue weighted by molar-refractivity contribution is 7.26. The maximum atomic E-state index is 4.17. The standard InChI is InChI=1S/C66H54BN2S/c1-63(2)36-37-64(3,4)52-38-42(32-34-49(52)63)68-54-35-33-45-43-24-13-15-26-48(43)65(5,6)58(45)57(54)47-39-46-44-25-14-18-31-56(44)70-62(46)61-59(47)67-53-29-19-28-51-60(53)69(61)55-30-17-16-27-50(55)66(51,40-20-9-7-10-21-40)41-22-11-8-12-23-41/h7-35,38-39,68H,36-37H2,1-6H3. The molecule has 1 radical (unpaired) electrons. The van der Waals surface area contributed by atoms with Gasteiger partial charge in [-0.25, -0.2) is 0 Å². The average molecular weight is 918 g/mol. The molecular formula is C66H54BN2S. The highest BCUT2D eigenvalue weighted by atomic mass is 32.1. The van der Waals surface area contributed by atoms with Crippen molar-refractivity contribution < 1.29 is 0 Å². The highest BCUT2D eigenvalue weighted by Crippen LogP contribution is 2.61. The first-order valence-corrected chi connectivity index (χ1v) is 26.0. The van der Waals surface area contributed by atoms with Gasteiger partial charge in [0.2, 0.25) is 0 Å². The van der Waals surface area contributed by atoms with E-state index in [2.05, 4.69) is 247 Å². The number of fused-ring (bicyclic) bond motifs is 12. The van der Waals surface area contributed by atoms with Crippen LogP contribution < -0.4 is 21.1 Å². The number of thiophene rings is 1. The largest absolute Gasteiger partial charge is 0.355 e. The third-order valence-corrected chi connectivity index (χ3v) is 18.2. The number of hydrogen-bond acceptors (Lipinski definition) is 3. The molecule has 337 valence electrons. The molecule has 0 saturated carbocycles. The van der Waals surface area contributed by atoms with Gasteiger partial charge in [0.1, 0.15) is 0 Å². The molecule has 3 heterocycles. The highest BCUT2D eigenvalue weighted by Gasteiger charge is 2.49. The predicted octanol–water partition coefficient (Wildman–Crippen LogP) is 16.3. The van der Waals surface area contributed by atoms with E-state index in [0.717, 1.165) is 11.4 Å². The second kappa shape index (κ2) is 14.7. The summed E-state index contributed by atoms with van der Waals surface area (Å²) in [4.78, 5) is 2.67. The fraction of sp³-hybridized carbons (Fsp3) is 0.182. The SMILES string of the molecule is CC1(C)CCC(C)(C)c2cc(Nc3ccc4c(c3-c3cc5c(sc6ccccc65)c5c3[B]c3cccc6c3N5c3ccccc3C6(c3ccccc3)c3ccccc3)C(C)(C)c3ccccc3-4)ccc21. The van der Waals surface area contributed by atoms with E-state index in [4.69, 9.17) is 0 Å². The number of hydrogen-bond donors (Lipinski definition) is 1. The molecule has 4 aliphatic rings.